The minimum atomic E-state index is -0.391. The highest BCUT2D eigenvalue weighted by Gasteiger charge is 2.26. The maximum Gasteiger partial charge on any atom is 0.274 e. The third-order valence-corrected chi connectivity index (χ3v) is 3.68. The van der Waals surface area contributed by atoms with Crippen LogP contribution in [0, 0.1) is 22.0 Å². The largest absolute Gasteiger partial charge is 0.356 e. The van der Waals surface area contributed by atoms with Gasteiger partial charge in [-0.3, -0.25) is 10.1 Å². The summed E-state index contributed by atoms with van der Waals surface area (Å²) in [5.74, 6) is 1.71. The number of rotatable bonds is 3. The molecule has 2 N–H and O–H groups in total. The standard InChI is InChI=1S/C12H18N4O2/c1-9-3-5-15(8-10(9)7-13)12-6-11(16(17)18)2-4-14-12/h2,4,6,9-10H,3,5,7-8,13H2,1H3. The van der Waals surface area contributed by atoms with E-state index in [0.717, 1.165) is 19.5 Å². The van der Waals surface area contributed by atoms with Crippen LogP contribution < -0.4 is 10.6 Å². The first-order chi connectivity index (χ1) is 8.61. The van der Waals surface area contributed by atoms with Gasteiger partial charge in [-0.05, 0) is 24.8 Å². The number of nitrogens with zero attached hydrogens (tertiary/aromatic N) is 3. The zero-order chi connectivity index (χ0) is 13.1. The molecular formula is C12H18N4O2. The number of nitrogens with two attached hydrogens (primary N) is 1. The Morgan fingerprint density at radius 2 is 2.44 bits per heavy atom. The van der Waals surface area contributed by atoms with Gasteiger partial charge in [-0.15, -0.1) is 0 Å². The molecule has 0 radical (unpaired) electrons. The molecule has 0 saturated carbocycles. The Hall–Kier alpha value is -1.69. The van der Waals surface area contributed by atoms with Gasteiger partial charge in [-0.25, -0.2) is 4.98 Å². The second-order valence-corrected chi connectivity index (χ2v) is 4.84. The van der Waals surface area contributed by atoms with Crippen LogP contribution in [0.1, 0.15) is 13.3 Å². The Morgan fingerprint density at radius 1 is 1.67 bits per heavy atom. The first-order valence-corrected chi connectivity index (χ1v) is 6.17. The first kappa shape index (κ1) is 12.8. The summed E-state index contributed by atoms with van der Waals surface area (Å²) in [6.07, 6.45) is 2.54. The predicted octanol–water partition coefficient (Wildman–Crippen LogP) is 1.41. The maximum absolute atomic E-state index is 10.7. The molecule has 0 bridgehead atoms. The molecule has 2 heterocycles. The minimum Gasteiger partial charge on any atom is -0.356 e. The normalized spacial score (nSPS) is 24.0. The lowest BCUT2D eigenvalue weighted by Crippen LogP contribution is -2.43. The van der Waals surface area contributed by atoms with E-state index in [0.29, 0.717) is 24.2 Å². The molecule has 0 amide bonds. The summed E-state index contributed by atoms with van der Waals surface area (Å²) >= 11 is 0. The van der Waals surface area contributed by atoms with Crippen molar-refractivity contribution in [1.82, 2.24) is 4.98 Å². The lowest BCUT2D eigenvalue weighted by Gasteiger charge is -2.37. The second kappa shape index (κ2) is 5.30. The molecule has 18 heavy (non-hydrogen) atoms. The van der Waals surface area contributed by atoms with Crippen LogP contribution in [0.5, 0.6) is 0 Å². The van der Waals surface area contributed by atoms with E-state index in [2.05, 4.69) is 16.8 Å². The summed E-state index contributed by atoms with van der Waals surface area (Å²) < 4.78 is 0. The maximum atomic E-state index is 10.7. The van der Waals surface area contributed by atoms with Crippen molar-refractivity contribution in [3.05, 3.63) is 28.4 Å². The number of hydrogen-bond donors (Lipinski definition) is 1. The summed E-state index contributed by atoms with van der Waals surface area (Å²) in [6.45, 7) is 4.56. The van der Waals surface area contributed by atoms with Crippen molar-refractivity contribution < 1.29 is 4.92 Å². The molecule has 6 nitrogen and oxygen atoms in total. The number of pyridine rings is 1. The lowest BCUT2D eigenvalue weighted by atomic mass is 9.87. The molecule has 2 unspecified atom stereocenters. The van der Waals surface area contributed by atoms with Gasteiger partial charge in [-0.1, -0.05) is 6.92 Å². The molecule has 0 aliphatic carbocycles. The second-order valence-electron chi connectivity index (χ2n) is 4.84. The molecule has 2 atom stereocenters. The van der Waals surface area contributed by atoms with Gasteiger partial charge >= 0.3 is 0 Å². The summed E-state index contributed by atoms with van der Waals surface area (Å²) in [5, 5.41) is 10.7. The van der Waals surface area contributed by atoms with E-state index >= 15 is 0 Å². The Bertz CT molecular complexity index is 438. The van der Waals surface area contributed by atoms with E-state index in [1.165, 1.54) is 18.3 Å². The average Bonchev–Trinajstić information content (AvgIpc) is 2.39. The van der Waals surface area contributed by atoms with Gasteiger partial charge in [0.2, 0.25) is 0 Å². The highest BCUT2D eigenvalue weighted by atomic mass is 16.6. The molecule has 1 fully saturated rings. The zero-order valence-electron chi connectivity index (χ0n) is 10.5. The fourth-order valence-electron chi connectivity index (χ4n) is 2.36. The smallest absolute Gasteiger partial charge is 0.274 e. The van der Waals surface area contributed by atoms with Crippen LogP contribution in [-0.4, -0.2) is 29.5 Å². The van der Waals surface area contributed by atoms with Crippen LogP contribution in [0.4, 0.5) is 11.5 Å². The molecule has 98 valence electrons. The molecule has 1 aromatic heterocycles. The number of aromatic nitrogens is 1. The van der Waals surface area contributed by atoms with E-state index in [-0.39, 0.29) is 5.69 Å². The fraction of sp³-hybridized carbons (Fsp3) is 0.583. The van der Waals surface area contributed by atoms with Crippen molar-refractivity contribution >= 4 is 11.5 Å². The zero-order valence-corrected chi connectivity index (χ0v) is 10.5. The van der Waals surface area contributed by atoms with Crippen molar-refractivity contribution in [1.29, 1.82) is 0 Å². The van der Waals surface area contributed by atoms with Gasteiger partial charge in [0.1, 0.15) is 5.82 Å². The third-order valence-electron chi connectivity index (χ3n) is 3.68. The highest BCUT2D eigenvalue weighted by Crippen LogP contribution is 2.27. The Labute approximate surface area is 106 Å². The minimum absolute atomic E-state index is 0.0860. The molecule has 1 aromatic rings. The van der Waals surface area contributed by atoms with Crippen LogP contribution in [0.15, 0.2) is 18.3 Å². The number of anilines is 1. The number of piperidine rings is 1. The average molecular weight is 250 g/mol. The van der Waals surface area contributed by atoms with Crippen LogP contribution >= 0.6 is 0 Å². The van der Waals surface area contributed by atoms with Crippen LogP contribution in [0.3, 0.4) is 0 Å². The molecule has 0 aromatic carbocycles. The molecule has 0 spiro atoms. The molecule has 2 rings (SSSR count). The number of hydrogen-bond acceptors (Lipinski definition) is 5. The molecule has 1 aliphatic rings. The van der Waals surface area contributed by atoms with Gasteiger partial charge in [0, 0.05) is 25.4 Å². The molecule has 1 saturated heterocycles. The Morgan fingerprint density at radius 3 is 3.11 bits per heavy atom. The summed E-state index contributed by atoms with van der Waals surface area (Å²) in [4.78, 5) is 16.7. The lowest BCUT2D eigenvalue weighted by molar-refractivity contribution is -0.384. The van der Waals surface area contributed by atoms with Gasteiger partial charge in [0.15, 0.2) is 0 Å². The van der Waals surface area contributed by atoms with Crippen molar-refractivity contribution in [2.75, 3.05) is 24.5 Å². The quantitative estimate of drug-likeness (QED) is 0.647. The highest BCUT2D eigenvalue weighted by molar-refractivity contribution is 5.47. The first-order valence-electron chi connectivity index (χ1n) is 6.17. The van der Waals surface area contributed by atoms with Crippen molar-refractivity contribution in [3.63, 3.8) is 0 Å². The SMILES string of the molecule is CC1CCN(c2cc([N+](=O)[O-])ccn2)CC1CN. The molecular weight excluding hydrogens is 232 g/mol. The van der Waals surface area contributed by atoms with Crippen molar-refractivity contribution in [2.45, 2.75) is 13.3 Å². The summed E-state index contributed by atoms with van der Waals surface area (Å²) in [7, 11) is 0. The van der Waals surface area contributed by atoms with Crippen molar-refractivity contribution in [2.24, 2.45) is 17.6 Å². The fourth-order valence-corrected chi connectivity index (χ4v) is 2.36. The summed E-state index contributed by atoms with van der Waals surface area (Å²) in [5.41, 5.74) is 5.84. The van der Waals surface area contributed by atoms with Gasteiger partial charge in [-0.2, -0.15) is 0 Å². The monoisotopic (exact) mass is 250 g/mol. The van der Waals surface area contributed by atoms with E-state index in [4.69, 9.17) is 5.73 Å². The molecule has 1 aliphatic heterocycles. The van der Waals surface area contributed by atoms with Crippen molar-refractivity contribution in [3.8, 4) is 0 Å². The van der Waals surface area contributed by atoms with E-state index < -0.39 is 4.92 Å². The van der Waals surface area contributed by atoms with Crippen LogP contribution in [0.2, 0.25) is 0 Å². The van der Waals surface area contributed by atoms with Crippen LogP contribution in [-0.2, 0) is 0 Å². The molecule has 6 heteroatoms. The van der Waals surface area contributed by atoms with E-state index in [9.17, 15) is 10.1 Å². The third kappa shape index (κ3) is 2.59. The van der Waals surface area contributed by atoms with E-state index in [1.54, 1.807) is 0 Å². The van der Waals surface area contributed by atoms with Gasteiger partial charge in [0.25, 0.3) is 5.69 Å². The predicted molar refractivity (Wildman–Crippen MR) is 69.4 cm³/mol. The Balaban J connectivity index is 2.16. The van der Waals surface area contributed by atoms with Gasteiger partial charge in [0.05, 0.1) is 11.0 Å². The van der Waals surface area contributed by atoms with E-state index in [1.807, 2.05) is 0 Å². The van der Waals surface area contributed by atoms with Gasteiger partial charge < -0.3 is 10.6 Å². The topological polar surface area (TPSA) is 85.3 Å². The number of nitro groups is 1. The summed E-state index contributed by atoms with van der Waals surface area (Å²) in [6, 6.07) is 2.94. The van der Waals surface area contributed by atoms with Crippen LogP contribution in [0.25, 0.3) is 0 Å². The Kier molecular flexibility index (Phi) is 3.76.